The molecule has 2 aliphatic heterocycles. The summed E-state index contributed by atoms with van der Waals surface area (Å²) in [7, 11) is 5.73. The lowest BCUT2D eigenvalue weighted by molar-refractivity contribution is 0.0731. The van der Waals surface area contributed by atoms with Crippen LogP contribution in [0, 0.1) is 0 Å². The second-order valence-corrected chi connectivity index (χ2v) is 9.00. The van der Waals surface area contributed by atoms with Crippen LogP contribution in [0.1, 0.15) is 46.3 Å². The number of fused-ring (bicyclic) bond motifs is 2. The molecule has 2 aromatic heterocycles. The van der Waals surface area contributed by atoms with Crippen LogP contribution in [0.25, 0.3) is 10.9 Å². The average Bonchev–Trinajstić information content (AvgIpc) is 3.47. The molecule has 0 radical (unpaired) electrons. The Morgan fingerprint density at radius 3 is 2.91 bits per heavy atom. The number of benzene rings is 1. The van der Waals surface area contributed by atoms with Gasteiger partial charge in [-0.3, -0.25) is 4.79 Å². The van der Waals surface area contributed by atoms with Crippen molar-refractivity contribution in [3.63, 3.8) is 0 Å². The van der Waals surface area contributed by atoms with Gasteiger partial charge in [0.15, 0.2) is 5.82 Å². The first kappa shape index (κ1) is 21.9. The van der Waals surface area contributed by atoms with E-state index >= 15 is 0 Å². The molecule has 1 N–H and O–H groups in total. The van der Waals surface area contributed by atoms with Crippen molar-refractivity contribution in [2.45, 2.75) is 38.4 Å². The maximum absolute atomic E-state index is 13.8. The van der Waals surface area contributed by atoms with Crippen LogP contribution in [0.5, 0.6) is 0 Å². The first-order valence-electron chi connectivity index (χ1n) is 11.7. The summed E-state index contributed by atoms with van der Waals surface area (Å²) < 4.78 is 7.38. The van der Waals surface area contributed by atoms with E-state index in [4.69, 9.17) is 14.7 Å². The topological polar surface area (TPSA) is 75.5 Å². The normalized spacial score (nSPS) is 18.6. The van der Waals surface area contributed by atoms with Crippen LogP contribution < -0.4 is 5.32 Å². The third-order valence-corrected chi connectivity index (χ3v) is 6.88. The van der Waals surface area contributed by atoms with Crippen LogP contribution in [-0.4, -0.2) is 71.1 Å². The summed E-state index contributed by atoms with van der Waals surface area (Å²) in [5.74, 6) is 1.70. The molecule has 1 aromatic carbocycles. The van der Waals surface area contributed by atoms with E-state index in [9.17, 15) is 4.79 Å². The van der Waals surface area contributed by atoms with E-state index in [1.54, 1.807) is 7.11 Å². The molecule has 174 valence electrons. The molecule has 3 aromatic rings. The van der Waals surface area contributed by atoms with Gasteiger partial charge in [0.2, 0.25) is 0 Å². The number of carbonyl (C=O) groups is 1. The van der Waals surface area contributed by atoms with E-state index in [0.29, 0.717) is 13.2 Å². The lowest BCUT2D eigenvalue weighted by atomic mass is 10.0. The molecule has 8 nitrogen and oxygen atoms in total. The number of hydrogen-bond acceptors (Lipinski definition) is 6. The number of carbonyl (C=O) groups excluding carboxylic acids is 1. The first-order valence-corrected chi connectivity index (χ1v) is 11.7. The Labute approximate surface area is 194 Å². The first-order chi connectivity index (χ1) is 16.1. The van der Waals surface area contributed by atoms with Crippen LogP contribution in [0.2, 0.25) is 0 Å². The summed E-state index contributed by atoms with van der Waals surface area (Å²) >= 11 is 0. The highest BCUT2D eigenvalue weighted by molar-refractivity contribution is 6.07. The zero-order valence-corrected chi connectivity index (χ0v) is 19.7. The predicted molar refractivity (Wildman–Crippen MR) is 128 cm³/mol. The number of hydrogen-bond donors (Lipinski definition) is 1. The molecule has 0 spiro atoms. The van der Waals surface area contributed by atoms with Crippen molar-refractivity contribution < 1.29 is 9.53 Å². The number of likely N-dealkylation sites (tertiary alicyclic amines) is 1. The highest BCUT2D eigenvalue weighted by atomic mass is 16.5. The number of nitrogens with one attached hydrogen (secondary N) is 1. The average molecular weight is 449 g/mol. The molecule has 0 saturated carbocycles. The quantitative estimate of drug-likeness (QED) is 0.625. The zero-order valence-electron chi connectivity index (χ0n) is 19.7. The Morgan fingerprint density at radius 1 is 1.24 bits per heavy atom. The SMILES string of the molecule is CNc1nc([C@H]2CCCN2C(=O)c2cn(CCOC)c3ccccc23)nc2c1CCN(C)C2. The predicted octanol–water partition coefficient (Wildman–Crippen LogP) is 3.08. The molecule has 0 unspecified atom stereocenters. The number of para-hydroxylation sites is 1. The Balaban J connectivity index is 1.50. The van der Waals surface area contributed by atoms with Crippen LogP contribution in [0.15, 0.2) is 30.5 Å². The van der Waals surface area contributed by atoms with Gasteiger partial charge in [-0.25, -0.2) is 9.97 Å². The molecule has 1 amide bonds. The summed E-state index contributed by atoms with van der Waals surface area (Å²) in [6.07, 6.45) is 4.75. The maximum Gasteiger partial charge on any atom is 0.256 e. The number of ether oxygens (including phenoxy) is 1. The molecule has 2 aliphatic rings. The van der Waals surface area contributed by atoms with Crippen molar-refractivity contribution in [2.75, 3.05) is 46.2 Å². The Morgan fingerprint density at radius 2 is 2.09 bits per heavy atom. The van der Waals surface area contributed by atoms with E-state index < -0.39 is 0 Å². The van der Waals surface area contributed by atoms with Gasteiger partial charge in [-0.15, -0.1) is 0 Å². The highest BCUT2D eigenvalue weighted by Crippen LogP contribution is 2.35. The molecule has 0 aliphatic carbocycles. The molecule has 1 fully saturated rings. The van der Waals surface area contributed by atoms with Crippen LogP contribution in [0.3, 0.4) is 0 Å². The van der Waals surface area contributed by atoms with E-state index in [1.165, 1.54) is 5.56 Å². The van der Waals surface area contributed by atoms with Gasteiger partial charge in [-0.05, 0) is 32.4 Å². The van der Waals surface area contributed by atoms with Crippen molar-refractivity contribution in [2.24, 2.45) is 0 Å². The van der Waals surface area contributed by atoms with E-state index in [-0.39, 0.29) is 11.9 Å². The van der Waals surface area contributed by atoms with Gasteiger partial charge in [0.25, 0.3) is 5.91 Å². The second-order valence-electron chi connectivity index (χ2n) is 9.00. The van der Waals surface area contributed by atoms with Gasteiger partial charge in [0.1, 0.15) is 5.82 Å². The Bertz CT molecular complexity index is 1170. The van der Waals surface area contributed by atoms with Gasteiger partial charge in [-0.2, -0.15) is 0 Å². The lowest BCUT2D eigenvalue weighted by Gasteiger charge is -2.28. The molecular formula is C25H32N6O2. The number of methoxy groups -OCH3 is 1. The smallest absolute Gasteiger partial charge is 0.256 e. The fourth-order valence-electron chi connectivity index (χ4n) is 5.16. The minimum absolute atomic E-state index is 0.0503. The molecule has 1 saturated heterocycles. The molecular weight excluding hydrogens is 416 g/mol. The van der Waals surface area contributed by atoms with Gasteiger partial charge < -0.3 is 24.4 Å². The van der Waals surface area contributed by atoms with Crippen molar-refractivity contribution in [1.82, 2.24) is 24.3 Å². The maximum atomic E-state index is 13.8. The van der Waals surface area contributed by atoms with Gasteiger partial charge in [0.05, 0.1) is 23.9 Å². The standard InChI is InChI=1S/C25H32N6O2/c1-26-23-18-10-12-29(2)16-20(18)27-24(28-23)22-9-6-11-31(22)25(32)19-15-30(13-14-33-3)21-8-5-4-7-17(19)21/h4-5,7-8,15,22H,6,9-14,16H2,1-3H3,(H,26,27,28)/t22-/m1/s1. The van der Waals surface area contributed by atoms with Crippen molar-refractivity contribution in [1.29, 1.82) is 0 Å². The van der Waals surface area contributed by atoms with Gasteiger partial charge >= 0.3 is 0 Å². The van der Waals surface area contributed by atoms with Crippen molar-refractivity contribution >= 4 is 22.6 Å². The number of likely N-dealkylation sites (N-methyl/N-ethyl adjacent to an activating group) is 1. The fourth-order valence-corrected chi connectivity index (χ4v) is 5.16. The zero-order chi connectivity index (χ0) is 22.9. The summed E-state index contributed by atoms with van der Waals surface area (Å²) in [4.78, 5) is 27.9. The summed E-state index contributed by atoms with van der Waals surface area (Å²) in [6, 6.07) is 7.98. The fraction of sp³-hybridized carbons (Fsp3) is 0.480. The molecule has 5 rings (SSSR count). The van der Waals surface area contributed by atoms with Crippen molar-refractivity contribution in [3.05, 3.63) is 53.1 Å². The third kappa shape index (κ3) is 3.98. The molecule has 4 heterocycles. The minimum atomic E-state index is -0.108. The van der Waals surface area contributed by atoms with Crippen LogP contribution >= 0.6 is 0 Å². The molecule has 1 atom stereocenters. The molecule has 33 heavy (non-hydrogen) atoms. The summed E-state index contributed by atoms with van der Waals surface area (Å²) in [6.45, 7) is 3.85. The molecule has 8 heteroatoms. The number of amides is 1. The van der Waals surface area contributed by atoms with Crippen LogP contribution in [-0.2, 0) is 24.2 Å². The van der Waals surface area contributed by atoms with E-state index in [2.05, 4.69) is 27.9 Å². The van der Waals surface area contributed by atoms with E-state index in [0.717, 1.165) is 72.7 Å². The minimum Gasteiger partial charge on any atom is -0.383 e. The van der Waals surface area contributed by atoms with Crippen molar-refractivity contribution in [3.8, 4) is 0 Å². The van der Waals surface area contributed by atoms with E-state index in [1.807, 2.05) is 36.3 Å². The van der Waals surface area contributed by atoms with Gasteiger partial charge in [-0.1, -0.05) is 18.2 Å². The molecule has 0 bridgehead atoms. The second kappa shape index (κ2) is 9.11. The Hall–Kier alpha value is -2.97. The largest absolute Gasteiger partial charge is 0.383 e. The lowest BCUT2D eigenvalue weighted by Crippen LogP contribution is -2.33. The number of anilines is 1. The number of nitrogens with zero attached hydrogens (tertiary/aromatic N) is 5. The summed E-state index contributed by atoms with van der Waals surface area (Å²) in [5, 5.41) is 4.25. The summed E-state index contributed by atoms with van der Waals surface area (Å²) in [5.41, 5.74) is 4.07. The third-order valence-electron chi connectivity index (χ3n) is 6.88. The highest BCUT2D eigenvalue weighted by Gasteiger charge is 2.35. The monoisotopic (exact) mass is 448 g/mol. The number of rotatable bonds is 6. The van der Waals surface area contributed by atoms with Gasteiger partial charge in [0, 0.05) is 63.0 Å². The van der Waals surface area contributed by atoms with Crippen LogP contribution in [0.4, 0.5) is 5.82 Å². The Kier molecular flexibility index (Phi) is 6.03. The number of aromatic nitrogens is 3.